The number of nitrogens with one attached hydrogen (secondary N) is 1. The quantitative estimate of drug-likeness (QED) is 0.883. The van der Waals surface area contributed by atoms with Crippen LogP contribution in [0.2, 0.25) is 0 Å². The smallest absolute Gasteiger partial charge is 0.0469 e. The van der Waals surface area contributed by atoms with Gasteiger partial charge >= 0.3 is 0 Å². The molecule has 0 bridgehead atoms. The molecule has 2 aliphatic heterocycles. The van der Waals surface area contributed by atoms with E-state index in [2.05, 4.69) is 27.7 Å². The highest BCUT2D eigenvalue weighted by atomic mass is 32.1. The summed E-state index contributed by atoms with van der Waals surface area (Å²) in [6, 6.07) is 5.31. The summed E-state index contributed by atoms with van der Waals surface area (Å²) in [5, 5.41) is 5.78. The summed E-state index contributed by atoms with van der Waals surface area (Å²) in [4.78, 5) is 4.40. The molecule has 0 aromatic carbocycles. The fraction of sp³-hybridized carbons (Fsp3) is 0.714. The summed E-state index contributed by atoms with van der Waals surface area (Å²) in [6.07, 6.45) is 2.90. The number of fused-ring (bicyclic) bond motifs is 1. The average molecular weight is 248 g/mol. The molecule has 0 radical (unpaired) electrons. The van der Waals surface area contributed by atoms with E-state index in [1.165, 1.54) is 39.0 Å². The van der Waals surface area contributed by atoms with Gasteiger partial charge < -0.3 is 5.32 Å². The van der Waals surface area contributed by atoms with Crippen molar-refractivity contribution in [3.8, 4) is 0 Å². The first-order valence-electron chi connectivity index (χ1n) is 6.90. The third-order valence-corrected chi connectivity index (χ3v) is 5.66. The molecule has 1 unspecified atom stereocenters. The van der Waals surface area contributed by atoms with E-state index >= 15 is 0 Å². The van der Waals surface area contributed by atoms with Crippen LogP contribution in [0.15, 0.2) is 17.5 Å². The number of hydrogen-bond acceptors (Lipinski definition) is 3. The Balaban J connectivity index is 1.55. The number of hydrogen-bond donors (Lipinski definition) is 1. The molecule has 1 aromatic heterocycles. The zero-order valence-electron chi connectivity index (χ0n) is 10.1. The van der Waals surface area contributed by atoms with Crippen molar-refractivity contribution in [3.05, 3.63) is 22.4 Å². The van der Waals surface area contributed by atoms with Gasteiger partial charge in [0.15, 0.2) is 0 Å². The van der Waals surface area contributed by atoms with Gasteiger partial charge in [-0.05, 0) is 55.1 Å². The monoisotopic (exact) mass is 248 g/mol. The maximum atomic E-state index is 3.54. The molecule has 1 N–H and O–H groups in total. The van der Waals surface area contributed by atoms with Crippen LogP contribution in [-0.2, 0) is 0 Å². The molecule has 1 aromatic rings. The van der Waals surface area contributed by atoms with Crippen molar-refractivity contribution < 1.29 is 0 Å². The molecule has 0 spiro atoms. The van der Waals surface area contributed by atoms with Crippen LogP contribution in [0.3, 0.4) is 0 Å². The molecule has 2 saturated heterocycles. The highest BCUT2D eigenvalue weighted by molar-refractivity contribution is 7.10. The van der Waals surface area contributed by atoms with E-state index in [0.29, 0.717) is 0 Å². The minimum atomic E-state index is 0.751. The topological polar surface area (TPSA) is 15.3 Å². The van der Waals surface area contributed by atoms with E-state index in [1.807, 2.05) is 11.3 Å². The Morgan fingerprint density at radius 3 is 2.59 bits per heavy atom. The first-order chi connectivity index (χ1) is 8.42. The maximum absolute atomic E-state index is 3.54. The van der Waals surface area contributed by atoms with Crippen molar-refractivity contribution in [1.82, 2.24) is 10.2 Å². The second-order valence-corrected chi connectivity index (χ2v) is 6.91. The fourth-order valence-electron chi connectivity index (χ4n) is 3.70. The van der Waals surface area contributed by atoms with E-state index in [9.17, 15) is 0 Å². The van der Waals surface area contributed by atoms with Crippen molar-refractivity contribution in [2.45, 2.75) is 18.9 Å². The van der Waals surface area contributed by atoms with Crippen LogP contribution in [0.25, 0.3) is 0 Å². The molecule has 3 fully saturated rings. The van der Waals surface area contributed by atoms with Crippen LogP contribution in [0.4, 0.5) is 0 Å². The minimum Gasteiger partial charge on any atom is -0.316 e. The number of likely N-dealkylation sites (tertiary alicyclic amines) is 1. The standard InChI is InChI=1S/C14H20N2S/c1-2-13(17-5-1)14(10-3-4-10)16-8-11-6-15-7-12(11)9-16/h1-2,5,10-12,14-15H,3-4,6-9H2/t11-,12+,14?. The highest BCUT2D eigenvalue weighted by Crippen LogP contribution is 2.48. The van der Waals surface area contributed by atoms with Gasteiger partial charge in [0.25, 0.3) is 0 Å². The summed E-state index contributed by atoms with van der Waals surface area (Å²) < 4.78 is 0. The van der Waals surface area contributed by atoms with Gasteiger partial charge in [0.1, 0.15) is 0 Å². The molecular formula is C14H20N2S. The molecule has 3 atom stereocenters. The van der Waals surface area contributed by atoms with E-state index < -0.39 is 0 Å². The SMILES string of the molecule is c1csc(C(C2CC2)N2C[C@H]3CNC[C@H]3C2)c1. The summed E-state index contributed by atoms with van der Waals surface area (Å²) in [6.45, 7) is 5.17. The summed E-state index contributed by atoms with van der Waals surface area (Å²) in [5.41, 5.74) is 0. The Morgan fingerprint density at radius 1 is 1.24 bits per heavy atom. The van der Waals surface area contributed by atoms with E-state index in [-0.39, 0.29) is 0 Å². The third kappa shape index (κ3) is 1.85. The van der Waals surface area contributed by atoms with E-state index in [4.69, 9.17) is 0 Å². The number of nitrogens with zero attached hydrogens (tertiary/aromatic N) is 1. The number of thiophene rings is 1. The van der Waals surface area contributed by atoms with E-state index in [1.54, 1.807) is 4.88 Å². The van der Waals surface area contributed by atoms with Gasteiger partial charge in [-0.25, -0.2) is 0 Å². The molecule has 3 heteroatoms. The minimum absolute atomic E-state index is 0.751. The number of rotatable bonds is 3. The lowest BCUT2D eigenvalue weighted by atomic mass is 10.0. The predicted molar refractivity (Wildman–Crippen MR) is 71.2 cm³/mol. The normalized spacial score (nSPS) is 35.1. The van der Waals surface area contributed by atoms with Crippen LogP contribution in [0.5, 0.6) is 0 Å². The first kappa shape index (κ1) is 10.5. The summed E-state index contributed by atoms with van der Waals surface area (Å²) in [7, 11) is 0. The van der Waals surface area contributed by atoms with Crippen molar-refractivity contribution in [2.24, 2.45) is 17.8 Å². The molecule has 3 aliphatic rings. The lowest BCUT2D eigenvalue weighted by Gasteiger charge is -2.27. The first-order valence-corrected chi connectivity index (χ1v) is 7.78. The van der Waals surface area contributed by atoms with Gasteiger partial charge in [-0.2, -0.15) is 0 Å². The molecule has 92 valence electrons. The Hall–Kier alpha value is -0.380. The Labute approximate surface area is 107 Å². The van der Waals surface area contributed by atoms with Crippen LogP contribution in [-0.4, -0.2) is 31.1 Å². The predicted octanol–water partition coefficient (Wildman–Crippen LogP) is 2.35. The van der Waals surface area contributed by atoms with Crippen LogP contribution in [0, 0.1) is 17.8 Å². The molecule has 1 saturated carbocycles. The molecule has 0 amide bonds. The largest absolute Gasteiger partial charge is 0.316 e. The lowest BCUT2D eigenvalue weighted by Crippen LogP contribution is -2.30. The summed E-state index contributed by atoms with van der Waals surface area (Å²) >= 11 is 1.96. The zero-order valence-corrected chi connectivity index (χ0v) is 11.0. The van der Waals surface area contributed by atoms with Gasteiger partial charge in [0.05, 0.1) is 0 Å². The van der Waals surface area contributed by atoms with Gasteiger partial charge in [0, 0.05) is 24.0 Å². The van der Waals surface area contributed by atoms with Crippen molar-refractivity contribution in [3.63, 3.8) is 0 Å². The van der Waals surface area contributed by atoms with Crippen molar-refractivity contribution >= 4 is 11.3 Å². The Bertz CT molecular complexity index is 373. The second-order valence-electron chi connectivity index (χ2n) is 5.93. The van der Waals surface area contributed by atoms with Crippen LogP contribution in [0.1, 0.15) is 23.8 Å². The molecule has 17 heavy (non-hydrogen) atoms. The van der Waals surface area contributed by atoms with Crippen LogP contribution >= 0.6 is 11.3 Å². The average Bonchev–Trinajstić information content (AvgIpc) is 2.76. The lowest BCUT2D eigenvalue weighted by molar-refractivity contribution is 0.209. The second kappa shape index (κ2) is 4.08. The summed E-state index contributed by atoms with van der Waals surface area (Å²) in [5.74, 6) is 2.81. The van der Waals surface area contributed by atoms with E-state index in [0.717, 1.165) is 23.8 Å². The fourth-order valence-corrected chi connectivity index (χ4v) is 4.65. The molecule has 3 heterocycles. The molecule has 1 aliphatic carbocycles. The Morgan fingerprint density at radius 2 is 2.00 bits per heavy atom. The third-order valence-electron chi connectivity index (χ3n) is 4.71. The van der Waals surface area contributed by atoms with Crippen LogP contribution < -0.4 is 5.32 Å². The molecule has 2 nitrogen and oxygen atoms in total. The highest BCUT2D eigenvalue weighted by Gasteiger charge is 2.44. The maximum Gasteiger partial charge on any atom is 0.0469 e. The van der Waals surface area contributed by atoms with Gasteiger partial charge in [-0.1, -0.05) is 6.07 Å². The van der Waals surface area contributed by atoms with Crippen molar-refractivity contribution in [2.75, 3.05) is 26.2 Å². The van der Waals surface area contributed by atoms with Gasteiger partial charge in [-0.3, -0.25) is 4.90 Å². The van der Waals surface area contributed by atoms with Crippen molar-refractivity contribution in [1.29, 1.82) is 0 Å². The van der Waals surface area contributed by atoms with Gasteiger partial charge in [0.2, 0.25) is 0 Å². The Kier molecular flexibility index (Phi) is 2.53. The molecule has 4 rings (SSSR count). The zero-order chi connectivity index (χ0) is 11.2. The van der Waals surface area contributed by atoms with Gasteiger partial charge in [-0.15, -0.1) is 11.3 Å². The molecular weight excluding hydrogens is 228 g/mol.